The highest BCUT2D eigenvalue weighted by atomic mass is 16.5. The Hall–Kier alpha value is -2.08. The minimum absolute atomic E-state index is 0.0214. The van der Waals surface area contributed by atoms with Crippen molar-refractivity contribution in [2.45, 2.75) is 38.6 Å². The molecule has 0 aromatic heterocycles. The van der Waals surface area contributed by atoms with Crippen molar-refractivity contribution in [3.63, 3.8) is 0 Å². The first-order chi connectivity index (χ1) is 12.2. The number of nitrogens with one attached hydrogen (secondary N) is 1. The van der Waals surface area contributed by atoms with Gasteiger partial charge in [0.2, 0.25) is 11.8 Å². The summed E-state index contributed by atoms with van der Waals surface area (Å²) in [4.78, 5) is 25.8. The van der Waals surface area contributed by atoms with Gasteiger partial charge in [0.15, 0.2) is 0 Å². The maximum absolute atomic E-state index is 12.2. The number of hydrogen-bond acceptors (Lipinski definition) is 4. The molecule has 1 aliphatic rings. The molecule has 2 rings (SSSR count). The minimum atomic E-state index is -0.209. The summed E-state index contributed by atoms with van der Waals surface area (Å²) in [5.74, 6) is 0.685. The molecule has 1 N–H and O–H groups in total. The number of para-hydroxylation sites is 1. The number of piperidine rings is 1. The van der Waals surface area contributed by atoms with Crippen LogP contribution in [-0.4, -0.2) is 55.7 Å². The first-order valence-corrected chi connectivity index (χ1v) is 8.98. The van der Waals surface area contributed by atoms with E-state index >= 15 is 0 Å². The molecule has 1 aromatic carbocycles. The van der Waals surface area contributed by atoms with Crippen molar-refractivity contribution in [3.8, 4) is 5.75 Å². The highest BCUT2D eigenvalue weighted by Gasteiger charge is 2.22. The quantitative estimate of drug-likeness (QED) is 0.693. The summed E-state index contributed by atoms with van der Waals surface area (Å²) in [6.45, 7) is 3.98. The Morgan fingerprint density at radius 1 is 1.20 bits per heavy atom. The van der Waals surface area contributed by atoms with Crippen LogP contribution in [0.5, 0.6) is 5.75 Å². The standard InChI is InChI=1S/C19H28N2O4/c1-16-7-5-6-12-21(16)19(23)10-11-20-18(22)15-24-13-14-25-17-8-3-2-4-9-17/h2-4,8-9,16H,5-7,10-15H2,1H3,(H,20,22). The predicted octanol–water partition coefficient (Wildman–Crippen LogP) is 1.99. The number of amides is 2. The average Bonchev–Trinajstić information content (AvgIpc) is 2.62. The Morgan fingerprint density at radius 3 is 2.76 bits per heavy atom. The third kappa shape index (κ3) is 7.13. The smallest absolute Gasteiger partial charge is 0.246 e. The molecule has 1 aliphatic heterocycles. The van der Waals surface area contributed by atoms with Gasteiger partial charge in [0.25, 0.3) is 0 Å². The molecule has 25 heavy (non-hydrogen) atoms. The highest BCUT2D eigenvalue weighted by molar-refractivity contribution is 5.79. The van der Waals surface area contributed by atoms with Crippen molar-refractivity contribution in [2.75, 3.05) is 32.9 Å². The molecular formula is C19H28N2O4. The van der Waals surface area contributed by atoms with Crippen molar-refractivity contribution >= 4 is 11.8 Å². The van der Waals surface area contributed by atoms with Crippen LogP contribution in [0.3, 0.4) is 0 Å². The van der Waals surface area contributed by atoms with E-state index in [2.05, 4.69) is 12.2 Å². The van der Waals surface area contributed by atoms with Gasteiger partial charge in [-0.25, -0.2) is 0 Å². The summed E-state index contributed by atoms with van der Waals surface area (Å²) < 4.78 is 10.7. The summed E-state index contributed by atoms with van der Waals surface area (Å²) in [6, 6.07) is 9.76. The summed E-state index contributed by atoms with van der Waals surface area (Å²) >= 11 is 0. The molecule has 6 heteroatoms. The van der Waals surface area contributed by atoms with E-state index in [1.807, 2.05) is 35.2 Å². The Labute approximate surface area is 149 Å². The second-order valence-electron chi connectivity index (χ2n) is 6.25. The molecule has 0 radical (unpaired) electrons. The van der Waals surface area contributed by atoms with Gasteiger partial charge in [-0.05, 0) is 38.3 Å². The number of hydrogen-bond donors (Lipinski definition) is 1. The number of ether oxygens (including phenoxy) is 2. The van der Waals surface area contributed by atoms with E-state index in [1.54, 1.807) is 0 Å². The summed E-state index contributed by atoms with van der Waals surface area (Å²) in [7, 11) is 0. The van der Waals surface area contributed by atoms with Crippen LogP contribution in [0.4, 0.5) is 0 Å². The van der Waals surface area contributed by atoms with Gasteiger partial charge in [-0.2, -0.15) is 0 Å². The van der Waals surface area contributed by atoms with Crippen LogP contribution in [-0.2, 0) is 14.3 Å². The van der Waals surface area contributed by atoms with Crippen molar-refractivity contribution in [1.82, 2.24) is 10.2 Å². The minimum Gasteiger partial charge on any atom is -0.491 e. The average molecular weight is 348 g/mol. The van der Waals surface area contributed by atoms with E-state index in [0.29, 0.717) is 32.2 Å². The van der Waals surface area contributed by atoms with Crippen molar-refractivity contribution in [3.05, 3.63) is 30.3 Å². The Balaban J connectivity index is 1.50. The van der Waals surface area contributed by atoms with Gasteiger partial charge in [-0.1, -0.05) is 18.2 Å². The zero-order valence-corrected chi connectivity index (χ0v) is 14.9. The molecule has 1 heterocycles. The zero-order chi connectivity index (χ0) is 17.9. The predicted molar refractivity (Wildman–Crippen MR) is 95.4 cm³/mol. The molecule has 1 atom stereocenters. The van der Waals surface area contributed by atoms with Crippen molar-refractivity contribution in [1.29, 1.82) is 0 Å². The van der Waals surface area contributed by atoms with E-state index in [9.17, 15) is 9.59 Å². The third-order valence-electron chi connectivity index (χ3n) is 4.26. The number of carbonyl (C=O) groups is 2. The molecule has 138 valence electrons. The fourth-order valence-electron chi connectivity index (χ4n) is 2.87. The lowest BCUT2D eigenvalue weighted by Gasteiger charge is -2.33. The second kappa shape index (κ2) is 10.7. The van der Waals surface area contributed by atoms with Crippen LogP contribution in [0.15, 0.2) is 30.3 Å². The molecule has 1 fully saturated rings. The fourth-order valence-corrected chi connectivity index (χ4v) is 2.87. The van der Waals surface area contributed by atoms with Crippen LogP contribution in [0.25, 0.3) is 0 Å². The number of benzene rings is 1. The lowest BCUT2D eigenvalue weighted by atomic mass is 10.0. The fraction of sp³-hybridized carbons (Fsp3) is 0.579. The SMILES string of the molecule is CC1CCCCN1C(=O)CCNC(=O)COCCOc1ccccc1. The maximum atomic E-state index is 12.2. The van der Waals surface area contributed by atoms with Crippen LogP contribution in [0.1, 0.15) is 32.6 Å². The van der Waals surface area contributed by atoms with Crippen molar-refractivity contribution < 1.29 is 19.1 Å². The molecule has 0 bridgehead atoms. The number of rotatable bonds is 9. The van der Waals surface area contributed by atoms with E-state index in [4.69, 9.17) is 9.47 Å². The molecule has 2 amide bonds. The van der Waals surface area contributed by atoms with Crippen LogP contribution in [0.2, 0.25) is 0 Å². The summed E-state index contributed by atoms with van der Waals surface area (Å²) in [6.07, 6.45) is 3.67. The van der Waals surface area contributed by atoms with Gasteiger partial charge in [0, 0.05) is 25.6 Å². The molecule has 1 aromatic rings. The first-order valence-electron chi connectivity index (χ1n) is 8.98. The van der Waals surface area contributed by atoms with Gasteiger partial charge in [-0.3, -0.25) is 9.59 Å². The Morgan fingerprint density at radius 2 is 2.00 bits per heavy atom. The van der Waals surface area contributed by atoms with Gasteiger partial charge in [0.05, 0.1) is 6.61 Å². The Kier molecular flexibility index (Phi) is 8.25. The number of likely N-dealkylation sites (tertiary alicyclic amines) is 1. The van der Waals surface area contributed by atoms with Crippen LogP contribution >= 0.6 is 0 Å². The molecule has 0 spiro atoms. The summed E-state index contributed by atoms with van der Waals surface area (Å²) in [5, 5.41) is 2.72. The van der Waals surface area contributed by atoms with E-state index < -0.39 is 0 Å². The van der Waals surface area contributed by atoms with Crippen molar-refractivity contribution in [2.24, 2.45) is 0 Å². The second-order valence-corrected chi connectivity index (χ2v) is 6.25. The molecule has 0 aliphatic carbocycles. The molecule has 1 unspecified atom stereocenters. The molecule has 1 saturated heterocycles. The molecular weight excluding hydrogens is 320 g/mol. The highest BCUT2D eigenvalue weighted by Crippen LogP contribution is 2.16. The largest absolute Gasteiger partial charge is 0.491 e. The first kappa shape index (κ1) is 19.2. The summed E-state index contributed by atoms with van der Waals surface area (Å²) in [5.41, 5.74) is 0. The number of nitrogens with zero attached hydrogens (tertiary/aromatic N) is 1. The topological polar surface area (TPSA) is 67.9 Å². The van der Waals surface area contributed by atoms with Crippen LogP contribution in [0, 0.1) is 0 Å². The monoisotopic (exact) mass is 348 g/mol. The van der Waals surface area contributed by atoms with Gasteiger partial charge in [-0.15, -0.1) is 0 Å². The van der Waals surface area contributed by atoms with Crippen LogP contribution < -0.4 is 10.1 Å². The maximum Gasteiger partial charge on any atom is 0.246 e. The zero-order valence-electron chi connectivity index (χ0n) is 14.9. The van der Waals surface area contributed by atoms with E-state index in [1.165, 1.54) is 6.42 Å². The van der Waals surface area contributed by atoms with Gasteiger partial charge < -0.3 is 19.7 Å². The lowest BCUT2D eigenvalue weighted by Crippen LogP contribution is -2.43. The Bertz CT molecular complexity index is 535. The van der Waals surface area contributed by atoms with E-state index in [-0.39, 0.29) is 18.4 Å². The normalized spacial score (nSPS) is 17.2. The van der Waals surface area contributed by atoms with E-state index in [0.717, 1.165) is 25.1 Å². The third-order valence-corrected chi connectivity index (χ3v) is 4.26. The molecule has 6 nitrogen and oxygen atoms in total. The number of carbonyl (C=O) groups excluding carboxylic acids is 2. The van der Waals surface area contributed by atoms with Gasteiger partial charge in [0.1, 0.15) is 19.0 Å². The molecule has 0 saturated carbocycles. The van der Waals surface area contributed by atoms with Gasteiger partial charge >= 0.3 is 0 Å². The lowest BCUT2D eigenvalue weighted by molar-refractivity contribution is -0.134.